The number of methoxy groups -OCH3 is 1. The van der Waals surface area contributed by atoms with Crippen LogP contribution < -0.4 is 10.6 Å². The highest BCUT2D eigenvalue weighted by atomic mass is 16.5. The van der Waals surface area contributed by atoms with E-state index >= 15 is 0 Å². The quantitative estimate of drug-likeness (QED) is 0.696. The van der Waals surface area contributed by atoms with Crippen molar-refractivity contribution in [2.24, 2.45) is 0 Å². The molecule has 24 heavy (non-hydrogen) atoms. The summed E-state index contributed by atoms with van der Waals surface area (Å²) in [7, 11) is 1.51. The lowest BCUT2D eigenvalue weighted by molar-refractivity contribution is 0.0660. The highest BCUT2D eigenvalue weighted by Gasteiger charge is 2.06. The van der Waals surface area contributed by atoms with Gasteiger partial charge in [-0.3, -0.25) is 0 Å². The van der Waals surface area contributed by atoms with E-state index in [1.54, 1.807) is 0 Å². The van der Waals surface area contributed by atoms with Gasteiger partial charge < -0.3 is 20.5 Å². The summed E-state index contributed by atoms with van der Waals surface area (Å²) in [5.41, 5.74) is 3.51. The van der Waals surface area contributed by atoms with Gasteiger partial charge in [0.25, 0.3) is 0 Å². The van der Waals surface area contributed by atoms with Crippen molar-refractivity contribution in [1.29, 1.82) is 0 Å². The van der Waals surface area contributed by atoms with Gasteiger partial charge in [0.15, 0.2) is 0 Å². The monoisotopic (exact) mass is 328 g/mol. The first-order chi connectivity index (χ1) is 11.7. The number of rotatable bonds is 8. The van der Waals surface area contributed by atoms with Gasteiger partial charge in [0.05, 0.1) is 12.7 Å². The zero-order chi connectivity index (χ0) is 17.2. The summed E-state index contributed by atoms with van der Waals surface area (Å²) in [5, 5.41) is 14.9. The number of carbonyl (C=O) groups is 1. The first kappa shape index (κ1) is 18.0. The molecule has 2 rings (SSSR count). The van der Waals surface area contributed by atoms with Crippen LogP contribution in [0.5, 0.6) is 0 Å². The average molecular weight is 328 g/mol. The molecule has 0 heterocycles. The standard InChI is InChI=1S/C19H24N2O3/c1-24-14-18(22)13-21-19(23)20-11-10-15-6-5-9-17(12-15)16-7-3-2-4-8-16/h2-9,12,18,22H,10-11,13-14H2,1H3,(H2,20,21,23). The molecule has 1 atom stereocenters. The van der Waals surface area contributed by atoms with Crippen molar-refractivity contribution in [3.63, 3.8) is 0 Å². The Morgan fingerprint density at radius 3 is 2.58 bits per heavy atom. The third kappa shape index (κ3) is 6.02. The second kappa shape index (κ2) is 9.70. The van der Waals surface area contributed by atoms with E-state index in [9.17, 15) is 9.90 Å². The van der Waals surface area contributed by atoms with Crippen LogP contribution in [0.1, 0.15) is 5.56 Å². The number of benzene rings is 2. The van der Waals surface area contributed by atoms with E-state index in [4.69, 9.17) is 4.74 Å². The van der Waals surface area contributed by atoms with Gasteiger partial charge in [0.1, 0.15) is 0 Å². The average Bonchev–Trinajstić information content (AvgIpc) is 2.61. The van der Waals surface area contributed by atoms with Crippen LogP contribution in [-0.2, 0) is 11.2 Å². The first-order valence-electron chi connectivity index (χ1n) is 8.02. The van der Waals surface area contributed by atoms with Crippen LogP contribution in [0.4, 0.5) is 4.79 Å². The lowest BCUT2D eigenvalue weighted by Gasteiger charge is -2.12. The molecule has 0 aliphatic rings. The van der Waals surface area contributed by atoms with E-state index in [0.29, 0.717) is 6.54 Å². The lowest BCUT2D eigenvalue weighted by atomic mass is 10.0. The van der Waals surface area contributed by atoms with Gasteiger partial charge >= 0.3 is 6.03 Å². The Kier molecular flexibility index (Phi) is 7.26. The highest BCUT2D eigenvalue weighted by Crippen LogP contribution is 2.19. The number of carbonyl (C=O) groups excluding carboxylic acids is 1. The topological polar surface area (TPSA) is 70.6 Å². The molecular weight excluding hydrogens is 304 g/mol. The van der Waals surface area contributed by atoms with Gasteiger partial charge in [-0.1, -0.05) is 54.6 Å². The molecule has 1 unspecified atom stereocenters. The first-order valence-corrected chi connectivity index (χ1v) is 8.02. The van der Waals surface area contributed by atoms with Gasteiger partial charge in [-0.05, 0) is 23.1 Å². The Hall–Kier alpha value is -2.37. The maximum absolute atomic E-state index is 11.7. The predicted molar refractivity (Wildman–Crippen MR) is 94.9 cm³/mol. The number of ether oxygens (including phenoxy) is 1. The summed E-state index contributed by atoms with van der Waals surface area (Å²) in [5.74, 6) is 0. The molecule has 0 aliphatic heterocycles. The summed E-state index contributed by atoms with van der Waals surface area (Å²) < 4.78 is 4.80. The molecule has 0 saturated heterocycles. The van der Waals surface area contributed by atoms with E-state index in [2.05, 4.69) is 34.9 Å². The number of nitrogens with one attached hydrogen (secondary N) is 2. The van der Waals surface area contributed by atoms with Gasteiger partial charge in [0.2, 0.25) is 0 Å². The Labute approximate surface area is 142 Å². The van der Waals surface area contributed by atoms with Crippen LogP contribution in [0.3, 0.4) is 0 Å². The summed E-state index contributed by atoms with van der Waals surface area (Å²) in [4.78, 5) is 11.7. The smallest absolute Gasteiger partial charge is 0.314 e. The molecule has 5 nitrogen and oxygen atoms in total. The third-order valence-corrected chi connectivity index (χ3v) is 3.59. The van der Waals surface area contributed by atoms with Crippen molar-refractivity contribution in [1.82, 2.24) is 10.6 Å². The molecule has 0 radical (unpaired) electrons. The molecule has 3 N–H and O–H groups in total. The minimum Gasteiger partial charge on any atom is -0.389 e. The van der Waals surface area contributed by atoms with Crippen LogP contribution in [-0.4, -0.2) is 44.0 Å². The fourth-order valence-electron chi connectivity index (χ4n) is 2.38. The number of amides is 2. The molecule has 0 spiro atoms. The number of aliphatic hydroxyl groups is 1. The van der Waals surface area contributed by atoms with E-state index in [1.165, 1.54) is 18.2 Å². The number of aliphatic hydroxyl groups excluding tert-OH is 1. The van der Waals surface area contributed by atoms with Crippen LogP contribution in [0.15, 0.2) is 54.6 Å². The zero-order valence-electron chi connectivity index (χ0n) is 13.9. The normalized spacial score (nSPS) is 11.8. The van der Waals surface area contributed by atoms with Crippen molar-refractivity contribution in [2.75, 3.05) is 26.8 Å². The Balaban J connectivity index is 1.77. The number of hydrogen-bond acceptors (Lipinski definition) is 3. The van der Waals surface area contributed by atoms with E-state index < -0.39 is 6.10 Å². The molecule has 0 fully saturated rings. The van der Waals surface area contributed by atoms with E-state index in [-0.39, 0.29) is 19.2 Å². The Morgan fingerprint density at radius 1 is 1.08 bits per heavy atom. The van der Waals surface area contributed by atoms with Crippen LogP contribution in [0, 0.1) is 0 Å². The molecule has 2 aromatic carbocycles. The van der Waals surface area contributed by atoms with Gasteiger partial charge in [-0.15, -0.1) is 0 Å². The van der Waals surface area contributed by atoms with Crippen molar-refractivity contribution >= 4 is 6.03 Å². The molecule has 0 aromatic heterocycles. The molecule has 0 bridgehead atoms. The van der Waals surface area contributed by atoms with Crippen LogP contribution in [0.25, 0.3) is 11.1 Å². The minimum absolute atomic E-state index is 0.170. The third-order valence-electron chi connectivity index (χ3n) is 3.59. The molecule has 0 saturated carbocycles. The van der Waals surface area contributed by atoms with Gasteiger partial charge in [0, 0.05) is 20.2 Å². The fraction of sp³-hybridized carbons (Fsp3) is 0.316. The largest absolute Gasteiger partial charge is 0.389 e. The van der Waals surface area contributed by atoms with Gasteiger partial charge in [-0.25, -0.2) is 4.79 Å². The van der Waals surface area contributed by atoms with Crippen LogP contribution >= 0.6 is 0 Å². The predicted octanol–water partition coefficient (Wildman–Crippen LogP) is 2.20. The number of urea groups is 1. The van der Waals surface area contributed by atoms with Crippen molar-refractivity contribution in [3.05, 3.63) is 60.2 Å². The lowest BCUT2D eigenvalue weighted by Crippen LogP contribution is -2.41. The van der Waals surface area contributed by atoms with Crippen molar-refractivity contribution < 1.29 is 14.6 Å². The molecule has 2 aromatic rings. The summed E-state index contributed by atoms with van der Waals surface area (Å²) in [6, 6.07) is 18.2. The molecule has 5 heteroatoms. The van der Waals surface area contributed by atoms with Crippen LogP contribution in [0.2, 0.25) is 0 Å². The summed E-state index contributed by atoms with van der Waals surface area (Å²) in [6.45, 7) is 0.903. The fourth-order valence-corrected chi connectivity index (χ4v) is 2.38. The second-order valence-corrected chi connectivity index (χ2v) is 5.56. The molecule has 128 valence electrons. The zero-order valence-corrected chi connectivity index (χ0v) is 13.9. The Morgan fingerprint density at radius 2 is 1.83 bits per heavy atom. The number of hydrogen-bond donors (Lipinski definition) is 3. The molecule has 2 amide bonds. The minimum atomic E-state index is -0.691. The summed E-state index contributed by atoms with van der Waals surface area (Å²) in [6.07, 6.45) is 0.0534. The second-order valence-electron chi connectivity index (χ2n) is 5.56. The van der Waals surface area contributed by atoms with E-state index in [1.807, 2.05) is 30.3 Å². The Bertz CT molecular complexity index is 632. The highest BCUT2D eigenvalue weighted by molar-refractivity contribution is 5.73. The molecule has 0 aliphatic carbocycles. The summed E-state index contributed by atoms with van der Waals surface area (Å²) >= 11 is 0. The molecular formula is C19H24N2O3. The maximum Gasteiger partial charge on any atom is 0.314 e. The van der Waals surface area contributed by atoms with Gasteiger partial charge in [-0.2, -0.15) is 0 Å². The van der Waals surface area contributed by atoms with Crippen molar-refractivity contribution in [3.8, 4) is 11.1 Å². The van der Waals surface area contributed by atoms with Crippen molar-refractivity contribution in [2.45, 2.75) is 12.5 Å². The SMILES string of the molecule is COCC(O)CNC(=O)NCCc1cccc(-c2ccccc2)c1. The van der Waals surface area contributed by atoms with E-state index in [0.717, 1.165) is 12.0 Å². The maximum atomic E-state index is 11.7.